The molecule has 2 atom stereocenters. The first-order valence-corrected chi connectivity index (χ1v) is 11.1. The fraction of sp³-hybridized carbons (Fsp3) is 0.391. The number of fused-ring (bicyclic) bond motifs is 1. The predicted octanol–water partition coefficient (Wildman–Crippen LogP) is 2.50. The van der Waals surface area contributed by atoms with Crippen LogP contribution in [-0.4, -0.2) is 56.3 Å². The molecule has 5 N–H and O–H groups in total. The van der Waals surface area contributed by atoms with E-state index in [1.54, 1.807) is 22.8 Å². The van der Waals surface area contributed by atoms with E-state index in [1.807, 2.05) is 12.1 Å². The average molecular weight is 451 g/mol. The number of hydrogen-bond acceptors (Lipinski definition) is 8. The fourth-order valence-corrected chi connectivity index (χ4v) is 3.82. The van der Waals surface area contributed by atoms with E-state index in [0.29, 0.717) is 36.3 Å². The van der Waals surface area contributed by atoms with Crippen molar-refractivity contribution in [1.82, 2.24) is 24.9 Å². The van der Waals surface area contributed by atoms with E-state index in [2.05, 4.69) is 51.8 Å². The number of hydrogen-bond donors (Lipinski definition) is 5. The van der Waals surface area contributed by atoms with Gasteiger partial charge < -0.3 is 26.4 Å². The van der Waals surface area contributed by atoms with Crippen LogP contribution in [0.1, 0.15) is 31.7 Å². The Labute approximate surface area is 192 Å². The number of aliphatic hydroxyl groups is 1. The molecular formula is C23H30N8O2. The maximum atomic E-state index is 11.6. The van der Waals surface area contributed by atoms with Crippen LogP contribution in [-0.2, 0) is 4.79 Å². The van der Waals surface area contributed by atoms with Gasteiger partial charge in [-0.25, -0.2) is 0 Å². The fourth-order valence-electron chi connectivity index (χ4n) is 3.82. The van der Waals surface area contributed by atoms with E-state index in [9.17, 15) is 9.90 Å². The number of carbonyl (C=O) groups is 1. The van der Waals surface area contributed by atoms with Gasteiger partial charge in [-0.3, -0.25) is 4.79 Å². The molecule has 2 aromatic heterocycles. The maximum absolute atomic E-state index is 11.6. The summed E-state index contributed by atoms with van der Waals surface area (Å²) in [5.41, 5.74) is 3.10. The van der Waals surface area contributed by atoms with E-state index >= 15 is 0 Å². The lowest BCUT2D eigenvalue weighted by molar-refractivity contribution is -0.111. The highest BCUT2D eigenvalue weighted by molar-refractivity contribution is 5.99. The lowest BCUT2D eigenvalue weighted by Crippen LogP contribution is -2.43. The number of piperidine rings is 1. The largest absolute Gasteiger partial charge is 0.391 e. The molecule has 1 aromatic carbocycles. The van der Waals surface area contributed by atoms with Gasteiger partial charge >= 0.3 is 0 Å². The van der Waals surface area contributed by atoms with Crippen molar-refractivity contribution in [2.24, 2.45) is 5.92 Å². The quantitative estimate of drug-likeness (QED) is 0.331. The van der Waals surface area contributed by atoms with Crippen LogP contribution in [0.2, 0.25) is 0 Å². The van der Waals surface area contributed by atoms with Gasteiger partial charge in [-0.15, -0.1) is 0 Å². The van der Waals surface area contributed by atoms with E-state index in [-0.39, 0.29) is 17.7 Å². The van der Waals surface area contributed by atoms with Crippen LogP contribution >= 0.6 is 0 Å². The van der Waals surface area contributed by atoms with Crippen molar-refractivity contribution >= 4 is 34.8 Å². The summed E-state index contributed by atoms with van der Waals surface area (Å²) in [4.78, 5) is 21.0. The van der Waals surface area contributed by atoms with Crippen LogP contribution in [0, 0.1) is 5.92 Å². The summed E-state index contributed by atoms with van der Waals surface area (Å²) in [6.07, 6.45) is 3.51. The Bertz CT molecular complexity index is 1140. The Morgan fingerprint density at radius 1 is 1.36 bits per heavy atom. The molecule has 0 saturated carbocycles. The van der Waals surface area contributed by atoms with Crippen molar-refractivity contribution in [2.75, 3.05) is 35.6 Å². The summed E-state index contributed by atoms with van der Waals surface area (Å²) in [7, 11) is 0. The number of aliphatic hydroxyl groups excluding tert-OH is 1. The lowest BCUT2D eigenvalue weighted by Gasteiger charge is -2.28. The summed E-state index contributed by atoms with van der Waals surface area (Å²) >= 11 is 0. The molecule has 1 saturated heterocycles. The molecular weight excluding hydrogens is 420 g/mol. The predicted molar refractivity (Wildman–Crippen MR) is 129 cm³/mol. The highest BCUT2D eigenvalue weighted by atomic mass is 16.3. The second-order valence-corrected chi connectivity index (χ2v) is 8.46. The normalized spacial score (nSPS) is 18.3. The van der Waals surface area contributed by atoms with Crippen LogP contribution in [0.3, 0.4) is 0 Å². The van der Waals surface area contributed by atoms with E-state index < -0.39 is 6.10 Å². The first-order chi connectivity index (χ1) is 15.9. The van der Waals surface area contributed by atoms with E-state index in [0.717, 1.165) is 24.2 Å². The Kier molecular flexibility index (Phi) is 6.85. The number of nitrogens with zero attached hydrogens (tertiary/aromatic N) is 4. The molecule has 0 spiro atoms. The van der Waals surface area contributed by atoms with Crippen molar-refractivity contribution in [3.63, 3.8) is 0 Å². The van der Waals surface area contributed by atoms with Gasteiger partial charge in [0.1, 0.15) is 0 Å². The zero-order valence-corrected chi connectivity index (χ0v) is 18.9. The van der Waals surface area contributed by atoms with Gasteiger partial charge in [0.15, 0.2) is 5.65 Å². The molecule has 0 unspecified atom stereocenters. The molecule has 1 aliphatic rings. The van der Waals surface area contributed by atoms with Crippen molar-refractivity contribution in [3.8, 4) is 0 Å². The number of nitrogens with one attached hydrogen (secondary N) is 4. The SMILES string of the molecule is C=CC(=O)Nc1cccc(Nc2nc(NC[C@H]3CCNC[C@@H]3O)nc3c(C(C)C)cnn23)c1. The number of β-amino-alcohol motifs (C(OH)–C–C–N with tert-alkyl or cyclic N) is 1. The Balaban J connectivity index is 1.63. The molecule has 33 heavy (non-hydrogen) atoms. The number of aromatic nitrogens is 4. The van der Waals surface area contributed by atoms with Gasteiger partial charge in [0.25, 0.3) is 0 Å². The zero-order chi connectivity index (χ0) is 23.4. The van der Waals surface area contributed by atoms with Crippen LogP contribution in [0.4, 0.5) is 23.3 Å². The average Bonchev–Trinajstić information content (AvgIpc) is 3.23. The number of rotatable bonds is 8. The first-order valence-electron chi connectivity index (χ1n) is 11.1. The van der Waals surface area contributed by atoms with Crippen molar-refractivity contribution < 1.29 is 9.90 Å². The minimum Gasteiger partial charge on any atom is -0.391 e. The van der Waals surface area contributed by atoms with Crippen molar-refractivity contribution in [3.05, 3.63) is 48.7 Å². The molecule has 10 heteroatoms. The molecule has 4 rings (SSSR count). The minimum absolute atomic E-state index is 0.127. The van der Waals surface area contributed by atoms with Crippen LogP contribution < -0.4 is 21.3 Å². The number of amides is 1. The van der Waals surface area contributed by atoms with Crippen LogP contribution in [0.25, 0.3) is 5.65 Å². The number of benzene rings is 1. The maximum Gasteiger partial charge on any atom is 0.247 e. The van der Waals surface area contributed by atoms with Gasteiger partial charge in [0, 0.05) is 35.9 Å². The summed E-state index contributed by atoms with van der Waals surface area (Å²) in [6.45, 7) is 9.72. The summed E-state index contributed by atoms with van der Waals surface area (Å²) in [6, 6.07) is 7.31. The molecule has 1 fully saturated rings. The molecule has 174 valence electrons. The van der Waals surface area contributed by atoms with E-state index in [4.69, 9.17) is 4.98 Å². The van der Waals surface area contributed by atoms with Crippen molar-refractivity contribution in [2.45, 2.75) is 32.3 Å². The van der Waals surface area contributed by atoms with Gasteiger partial charge in [0.05, 0.1) is 12.3 Å². The molecule has 1 amide bonds. The standard InChI is InChI=1S/C23H30N8O2/c1-4-20(33)27-16-6-5-7-17(10-16)28-23-30-22(25-11-15-8-9-24-13-19(15)32)29-21-18(14(2)3)12-26-31(21)23/h4-7,10,12,14-15,19,24,32H,1,8-9,11,13H2,2-3H3,(H,27,33)(H2,25,28,29,30)/t15-,19+/m1/s1. The van der Waals surface area contributed by atoms with Gasteiger partial charge in [0.2, 0.25) is 17.8 Å². The third-order valence-corrected chi connectivity index (χ3v) is 5.70. The molecule has 3 heterocycles. The van der Waals surface area contributed by atoms with Crippen molar-refractivity contribution in [1.29, 1.82) is 0 Å². The third kappa shape index (κ3) is 5.29. The molecule has 0 aliphatic carbocycles. The van der Waals surface area contributed by atoms with E-state index in [1.165, 1.54) is 6.08 Å². The number of carbonyl (C=O) groups excluding carboxylic acids is 1. The van der Waals surface area contributed by atoms with Crippen LogP contribution in [0.5, 0.6) is 0 Å². The number of anilines is 4. The molecule has 1 aliphatic heterocycles. The molecule has 0 radical (unpaired) electrons. The monoisotopic (exact) mass is 450 g/mol. The van der Waals surface area contributed by atoms with Crippen LogP contribution in [0.15, 0.2) is 43.1 Å². The third-order valence-electron chi connectivity index (χ3n) is 5.70. The first kappa shape index (κ1) is 22.7. The summed E-state index contributed by atoms with van der Waals surface area (Å²) in [5, 5.41) is 27.3. The van der Waals surface area contributed by atoms with Gasteiger partial charge in [-0.1, -0.05) is 26.5 Å². The topological polar surface area (TPSA) is 128 Å². The summed E-state index contributed by atoms with van der Waals surface area (Å²) < 4.78 is 1.68. The lowest BCUT2D eigenvalue weighted by atomic mass is 9.95. The highest BCUT2D eigenvalue weighted by Gasteiger charge is 2.23. The van der Waals surface area contributed by atoms with Gasteiger partial charge in [-0.05, 0) is 43.2 Å². The molecule has 0 bridgehead atoms. The smallest absolute Gasteiger partial charge is 0.247 e. The Morgan fingerprint density at radius 2 is 2.18 bits per heavy atom. The Morgan fingerprint density at radius 3 is 2.94 bits per heavy atom. The summed E-state index contributed by atoms with van der Waals surface area (Å²) in [5.74, 6) is 1.04. The minimum atomic E-state index is -0.401. The molecule has 10 nitrogen and oxygen atoms in total. The second-order valence-electron chi connectivity index (χ2n) is 8.46. The Hall–Kier alpha value is -3.50. The zero-order valence-electron chi connectivity index (χ0n) is 18.9. The van der Waals surface area contributed by atoms with Gasteiger partial charge in [-0.2, -0.15) is 19.6 Å². The highest BCUT2D eigenvalue weighted by Crippen LogP contribution is 2.25. The molecule has 3 aromatic rings. The second kappa shape index (κ2) is 9.97.